The monoisotopic (exact) mass is 190 g/mol. The molecule has 0 aromatic rings. The molecule has 0 aromatic carbocycles. The minimum atomic E-state index is -1.02. The van der Waals surface area contributed by atoms with Gasteiger partial charge in [-0.1, -0.05) is 0 Å². The summed E-state index contributed by atoms with van der Waals surface area (Å²) in [6.45, 7) is 0. The zero-order valence-corrected chi connectivity index (χ0v) is 9.55. The summed E-state index contributed by atoms with van der Waals surface area (Å²) in [5.74, 6) is -1.64. The van der Waals surface area contributed by atoms with Crippen molar-refractivity contribution in [1.82, 2.24) is 0 Å². The van der Waals surface area contributed by atoms with Crippen molar-refractivity contribution in [2.75, 3.05) is 0 Å². The molecule has 0 aliphatic heterocycles. The van der Waals surface area contributed by atoms with Gasteiger partial charge in [0.25, 0.3) is 0 Å². The van der Waals surface area contributed by atoms with Crippen LogP contribution in [0.4, 0.5) is 0 Å². The molecule has 0 saturated carbocycles. The molecular formula is C4H7KO4S. The Balaban J connectivity index is -0.000000320. The Morgan fingerprint density at radius 2 is 2.00 bits per heavy atom. The summed E-state index contributed by atoms with van der Waals surface area (Å²) >= 11 is 3.18. The number of hydrogen-bond donors (Lipinski definition) is 2. The third-order valence-corrected chi connectivity index (χ3v) is 0.848. The van der Waals surface area contributed by atoms with Crippen LogP contribution in [0.5, 0.6) is 0 Å². The molecule has 4 nitrogen and oxygen atoms in total. The van der Waals surface area contributed by atoms with Crippen LogP contribution in [0, 0.1) is 0 Å². The Morgan fingerprint density at radius 1 is 1.50 bits per heavy atom. The van der Waals surface area contributed by atoms with Crippen molar-refractivity contribution in [2.45, 2.75) is 12.8 Å². The molecule has 0 bridgehead atoms. The van der Waals surface area contributed by atoms with Crippen molar-refractivity contribution < 1.29 is 71.7 Å². The number of carboxylic acids is 1. The van der Waals surface area contributed by atoms with Crippen molar-refractivity contribution in [3.8, 4) is 0 Å². The van der Waals surface area contributed by atoms with Gasteiger partial charge in [-0.3, -0.25) is 9.59 Å². The zero-order valence-electron chi connectivity index (χ0n) is 6.53. The fourth-order valence-electron chi connectivity index (χ4n) is 0.255. The molecule has 0 aliphatic rings. The molecule has 0 aliphatic carbocycles. The van der Waals surface area contributed by atoms with E-state index in [1.807, 2.05) is 0 Å². The first-order chi connectivity index (χ1) is 4.16. The quantitative estimate of drug-likeness (QED) is 0.290. The molecule has 6 heteroatoms. The van der Waals surface area contributed by atoms with E-state index in [1.54, 1.807) is 0 Å². The first-order valence-corrected chi connectivity index (χ1v) is 2.59. The van der Waals surface area contributed by atoms with Gasteiger partial charge < -0.3 is 10.7 Å². The van der Waals surface area contributed by atoms with Crippen LogP contribution in [0.3, 0.4) is 0 Å². The predicted molar refractivity (Wildman–Crippen MR) is 33.1 cm³/mol. The Morgan fingerprint density at radius 3 is 2.30 bits per heavy atom. The van der Waals surface area contributed by atoms with Gasteiger partial charge in [0.05, 0.1) is 12.8 Å². The van der Waals surface area contributed by atoms with E-state index in [-0.39, 0.29) is 65.7 Å². The second-order valence-corrected chi connectivity index (χ2v) is 1.54. The Kier molecular flexibility index (Phi) is 10.8. The molecule has 54 valence electrons. The van der Waals surface area contributed by atoms with Crippen LogP contribution in [0.25, 0.3) is 0 Å². The second kappa shape index (κ2) is 8.03. The van der Waals surface area contributed by atoms with Crippen molar-refractivity contribution >= 4 is 24.8 Å². The van der Waals surface area contributed by atoms with E-state index in [1.165, 1.54) is 0 Å². The molecule has 0 radical (unpaired) electrons. The van der Waals surface area contributed by atoms with Crippen LogP contribution in [-0.2, 0) is 13.8 Å². The maximum Gasteiger partial charge on any atom is 1.00 e. The van der Waals surface area contributed by atoms with Gasteiger partial charge in [-0.25, -0.2) is 0 Å². The van der Waals surface area contributed by atoms with E-state index in [2.05, 4.69) is 17.1 Å². The summed E-state index contributed by atoms with van der Waals surface area (Å²) in [4.78, 5) is 19.9. The molecule has 0 saturated heterocycles. The molecule has 0 spiro atoms. The Hall–Kier alpha value is 0.926. The first-order valence-electron chi connectivity index (χ1n) is 2.23. The Labute approximate surface area is 108 Å². The molecule has 10 heavy (non-hydrogen) atoms. The molecule has 0 atom stereocenters. The third kappa shape index (κ3) is 8.93. The topological polar surface area (TPSA) is 63.6 Å². The first kappa shape index (κ1) is 13.5. The van der Waals surface area contributed by atoms with Gasteiger partial charge in [-0.05, 0) is 0 Å². The minimum absolute atomic E-state index is 0. The van der Waals surface area contributed by atoms with Crippen LogP contribution in [0.2, 0.25) is 0 Å². The number of thiol groups is 1. The smallest absolute Gasteiger partial charge is 1.00 e. The average Bonchev–Trinajstić information content (AvgIpc) is 1.83. The molecule has 0 amide bonds. The van der Waals surface area contributed by atoms with E-state index < -0.39 is 11.9 Å². The Bertz CT molecular complexity index is 131. The van der Waals surface area contributed by atoms with E-state index in [0.717, 1.165) is 0 Å². The molecule has 0 rings (SSSR count). The fraction of sp³-hybridized carbons (Fsp3) is 0.500. The van der Waals surface area contributed by atoms with Crippen LogP contribution >= 0.6 is 12.9 Å². The normalized spacial score (nSPS) is 7.70. The molecule has 1 N–H and O–H groups in total. The number of aliphatic carboxylic acids is 1. The molecule has 0 heterocycles. The average molecular weight is 190 g/mol. The van der Waals surface area contributed by atoms with Gasteiger partial charge >= 0.3 is 63.3 Å². The minimum Gasteiger partial charge on any atom is -1.00 e. The largest absolute Gasteiger partial charge is 1.00 e. The number of carboxylic acid groups (broad SMARTS) is 1. The summed E-state index contributed by atoms with van der Waals surface area (Å²) in [5.41, 5.74) is 0. The van der Waals surface area contributed by atoms with Crippen LogP contribution in [0.1, 0.15) is 14.3 Å². The van der Waals surface area contributed by atoms with Gasteiger partial charge in [-0.15, -0.1) is 0 Å². The molecular weight excluding hydrogens is 183 g/mol. The van der Waals surface area contributed by atoms with Gasteiger partial charge in [0.15, 0.2) is 0 Å². The van der Waals surface area contributed by atoms with Gasteiger partial charge in [0.1, 0.15) is 0 Å². The van der Waals surface area contributed by atoms with Crippen LogP contribution < -0.4 is 51.4 Å². The maximum atomic E-state index is 10.2. The van der Waals surface area contributed by atoms with Gasteiger partial charge in [-0.2, -0.15) is 0 Å². The number of rotatable bonds is 3. The van der Waals surface area contributed by atoms with Crippen molar-refractivity contribution in [1.29, 1.82) is 0 Å². The van der Waals surface area contributed by atoms with Crippen molar-refractivity contribution in [3.63, 3.8) is 0 Å². The standard InChI is InChI=1S/C4H6O4S.K.H/c5-3(6)1-2-4(7)8-9;;/h9H,1-2H2,(H,5,6);;/q;+1;-1. The maximum absolute atomic E-state index is 10.2. The van der Waals surface area contributed by atoms with Crippen LogP contribution in [0.15, 0.2) is 0 Å². The number of carbonyl (C=O) groups is 2. The molecule has 0 aromatic heterocycles. The van der Waals surface area contributed by atoms with Crippen molar-refractivity contribution in [2.24, 2.45) is 0 Å². The van der Waals surface area contributed by atoms with E-state index in [9.17, 15) is 9.59 Å². The predicted octanol–water partition coefficient (Wildman–Crippen LogP) is -2.64. The molecule has 0 unspecified atom stereocenters. The summed E-state index contributed by atoms with van der Waals surface area (Å²) in [7, 11) is 0. The van der Waals surface area contributed by atoms with E-state index >= 15 is 0 Å². The van der Waals surface area contributed by atoms with E-state index in [4.69, 9.17) is 5.11 Å². The third-order valence-electron chi connectivity index (χ3n) is 0.645. The zero-order chi connectivity index (χ0) is 7.28. The number of carbonyl (C=O) groups excluding carboxylic acids is 1. The second-order valence-electron chi connectivity index (χ2n) is 1.36. The number of hydrogen-bond acceptors (Lipinski definition) is 4. The molecule has 0 fully saturated rings. The van der Waals surface area contributed by atoms with Gasteiger partial charge in [0.2, 0.25) is 0 Å². The van der Waals surface area contributed by atoms with Crippen LogP contribution in [-0.4, -0.2) is 17.0 Å². The van der Waals surface area contributed by atoms with Crippen molar-refractivity contribution in [3.05, 3.63) is 0 Å². The summed E-state index contributed by atoms with van der Waals surface area (Å²) in [5, 5.41) is 8.03. The SMILES string of the molecule is O=C(O)CCC(=O)OS.[H-].[K+]. The summed E-state index contributed by atoms with van der Waals surface area (Å²) in [6.07, 6.45) is -0.335. The summed E-state index contributed by atoms with van der Waals surface area (Å²) in [6, 6.07) is 0. The van der Waals surface area contributed by atoms with Gasteiger partial charge in [0, 0.05) is 12.9 Å². The fourth-order valence-corrected chi connectivity index (χ4v) is 0.346. The van der Waals surface area contributed by atoms with E-state index in [0.29, 0.717) is 0 Å². The summed E-state index contributed by atoms with van der Waals surface area (Å²) < 4.78 is 3.89.